The van der Waals surface area contributed by atoms with Gasteiger partial charge in [0.15, 0.2) is 0 Å². The number of carbonyl (C=O) groups is 1. The smallest absolute Gasteiger partial charge is 0.258 e. The molecular weight excluding hydrogens is 335 g/mol. The van der Waals surface area contributed by atoms with Gasteiger partial charge < -0.3 is 10.3 Å². The van der Waals surface area contributed by atoms with Crippen LogP contribution in [0.2, 0.25) is 0 Å². The number of carbonyl (C=O) groups excluding carboxylic acids is 1. The molecule has 0 bridgehead atoms. The lowest BCUT2D eigenvalue weighted by molar-refractivity contribution is -0.122. The van der Waals surface area contributed by atoms with E-state index in [4.69, 9.17) is 0 Å². The highest BCUT2D eigenvalue weighted by Crippen LogP contribution is 2.06. The van der Waals surface area contributed by atoms with Crippen molar-refractivity contribution in [2.45, 2.75) is 13.1 Å². The van der Waals surface area contributed by atoms with Crippen LogP contribution in [-0.4, -0.2) is 34.4 Å². The molecule has 0 aliphatic carbocycles. The molecule has 1 heterocycles. The van der Waals surface area contributed by atoms with Gasteiger partial charge in [-0.1, -0.05) is 24.3 Å². The first-order chi connectivity index (χ1) is 12.5. The Morgan fingerprint density at radius 2 is 1.92 bits per heavy atom. The number of nitrogens with zero attached hydrogens (tertiary/aromatic N) is 2. The molecule has 0 aliphatic rings. The molecule has 6 nitrogen and oxygen atoms in total. The van der Waals surface area contributed by atoms with Crippen LogP contribution in [0.5, 0.6) is 0 Å². The van der Waals surface area contributed by atoms with Gasteiger partial charge in [-0.05, 0) is 36.9 Å². The van der Waals surface area contributed by atoms with Crippen LogP contribution in [0.3, 0.4) is 0 Å². The van der Waals surface area contributed by atoms with E-state index in [0.717, 1.165) is 5.56 Å². The molecule has 26 heavy (non-hydrogen) atoms. The quantitative estimate of drug-likeness (QED) is 0.708. The molecule has 0 atom stereocenters. The van der Waals surface area contributed by atoms with Gasteiger partial charge in [0, 0.05) is 6.54 Å². The van der Waals surface area contributed by atoms with Crippen LogP contribution in [0.4, 0.5) is 4.39 Å². The van der Waals surface area contributed by atoms with Crippen LogP contribution in [-0.2, 0) is 17.9 Å². The van der Waals surface area contributed by atoms with Gasteiger partial charge in [0.2, 0.25) is 5.91 Å². The molecule has 134 valence electrons. The number of aromatic amines is 1. The van der Waals surface area contributed by atoms with Gasteiger partial charge in [-0.25, -0.2) is 9.37 Å². The summed E-state index contributed by atoms with van der Waals surface area (Å²) < 4.78 is 12.9. The highest BCUT2D eigenvalue weighted by atomic mass is 19.1. The Hall–Kier alpha value is -3.06. The Kier molecular flexibility index (Phi) is 5.38. The van der Waals surface area contributed by atoms with Crippen LogP contribution in [0, 0.1) is 5.82 Å². The second-order valence-corrected chi connectivity index (χ2v) is 6.11. The van der Waals surface area contributed by atoms with E-state index in [0.29, 0.717) is 29.8 Å². The Bertz CT molecular complexity index is 969. The average Bonchev–Trinajstić information content (AvgIpc) is 2.61. The van der Waals surface area contributed by atoms with E-state index in [1.165, 1.54) is 12.1 Å². The van der Waals surface area contributed by atoms with Crippen molar-refractivity contribution in [1.29, 1.82) is 0 Å². The Labute approximate surface area is 149 Å². The SMILES string of the molecule is CN(CC(=O)NCc1ccc(F)cc1)Cc1nc2ccccc2c(=O)[nH]1. The molecule has 0 unspecified atom stereocenters. The average molecular weight is 354 g/mol. The van der Waals surface area contributed by atoms with Gasteiger partial charge in [0.25, 0.3) is 5.56 Å². The molecule has 0 saturated carbocycles. The Balaban J connectivity index is 1.56. The van der Waals surface area contributed by atoms with Gasteiger partial charge in [-0.15, -0.1) is 0 Å². The number of likely N-dealkylation sites (N-methyl/N-ethyl adjacent to an activating group) is 1. The molecular formula is C19H19FN4O2. The van der Waals surface area contributed by atoms with Crippen molar-refractivity contribution in [3.63, 3.8) is 0 Å². The predicted molar refractivity (Wildman–Crippen MR) is 96.9 cm³/mol. The second-order valence-electron chi connectivity index (χ2n) is 6.11. The minimum absolute atomic E-state index is 0.151. The molecule has 2 aromatic carbocycles. The van der Waals surface area contributed by atoms with E-state index in [9.17, 15) is 14.0 Å². The molecule has 7 heteroatoms. The maximum atomic E-state index is 12.9. The molecule has 0 fully saturated rings. The minimum atomic E-state index is -0.309. The van der Waals surface area contributed by atoms with E-state index >= 15 is 0 Å². The molecule has 1 amide bonds. The summed E-state index contributed by atoms with van der Waals surface area (Å²) in [5.74, 6) is 0.0270. The van der Waals surface area contributed by atoms with E-state index in [1.54, 1.807) is 42.3 Å². The number of nitrogens with one attached hydrogen (secondary N) is 2. The highest BCUT2D eigenvalue weighted by molar-refractivity contribution is 5.78. The zero-order chi connectivity index (χ0) is 18.5. The van der Waals surface area contributed by atoms with Gasteiger partial charge in [0.1, 0.15) is 11.6 Å². The summed E-state index contributed by atoms with van der Waals surface area (Å²) in [4.78, 5) is 33.0. The number of rotatable bonds is 6. The first-order valence-corrected chi connectivity index (χ1v) is 8.19. The monoisotopic (exact) mass is 354 g/mol. The highest BCUT2D eigenvalue weighted by Gasteiger charge is 2.10. The van der Waals surface area contributed by atoms with Crippen LogP contribution >= 0.6 is 0 Å². The molecule has 0 saturated heterocycles. The van der Waals surface area contributed by atoms with Crippen molar-refractivity contribution in [3.8, 4) is 0 Å². The number of para-hydroxylation sites is 1. The summed E-state index contributed by atoms with van der Waals surface area (Å²) in [7, 11) is 1.77. The predicted octanol–water partition coefficient (Wildman–Crippen LogP) is 1.81. The van der Waals surface area contributed by atoms with Crippen LogP contribution in [0.1, 0.15) is 11.4 Å². The van der Waals surface area contributed by atoms with E-state index in [1.807, 2.05) is 6.07 Å². The summed E-state index contributed by atoms with van der Waals surface area (Å²) in [6.45, 7) is 0.819. The van der Waals surface area contributed by atoms with Crippen LogP contribution < -0.4 is 10.9 Å². The van der Waals surface area contributed by atoms with Crippen molar-refractivity contribution in [2.24, 2.45) is 0 Å². The van der Waals surface area contributed by atoms with Crippen molar-refractivity contribution >= 4 is 16.8 Å². The lowest BCUT2D eigenvalue weighted by Crippen LogP contribution is -2.35. The first-order valence-electron chi connectivity index (χ1n) is 8.19. The lowest BCUT2D eigenvalue weighted by atomic mass is 10.2. The first kappa shape index (κ1) is 17.8. The van der Waals surface area contributed by atoms with Crippen LogP contribution in [0.15, 0.2) is 53.3 Å². The summed E-state index contributed by atoms with van der Waals surface area (Å²) in [6, 6.07) is 13.1. The largest absolute Gasteiger partial charge is 0.351 e. The molecule has 2 N–H and O–H groups in total. The van der Waals surface area contributed by atoms with E-state index in [-0.39, 0.29) is 23.8 Å². The zero-order valence-electron chi connectivity index (χ0n) is 14.3. The number of hydrogen-bond acceptors (Lipinski definition) is 4. The number of halogens is 1. The molecule has 0 radical (unpaired) electrons. The molecule has 3 aromatic rings. The van der Waals surface area contributed by atoms with Crippen molar-refractivity contribution in [2.75, 3.05) is 13.6 Å². The topological polar surface area (TPSA) is 78.1 Å². The minimum Gasteiger partial charge on any atom is -0.351 e. The van der Waals surface area contributed by atoms with Gasteiger partial charge >= 0.3 is 0 Å². The normalized spacial score (nSPS) is 11.0. The summed E-state index contributed by atoms with van der Waals surface area (Å²) in [5, 5.41) is 3.32. The Morgan fingerprint density at radius 3 is 2.69 bits per heavy atom. The number of aromatic nitrogens is 2. The zero-order valence-corrected chi connectivity index (χ0v) is 14.3. The van der Waals surface area contributed by atoms with Crippen molar-refractivity contribution < 1.29 is 9.18 Å². The van der Waals surface area contributed by atoms with Gasteiger partial charge in [-0.2, -0.15) is 0 Å². The number of benzene rings is 2. The third-order valence-electron chi connectivity index (χ3n) is 3.90. The molecule has 1 aromatic heterocycles. The maximum absolute atomic E-state index is 12.9. The second kappa shape index (κ2) is 7.88. The fraction of sp³-hybridized carbons (Fsp3) is 0.211. The number of amides is 1. The molecule has 3 rings (SSSR count). The fourth-order valence-corrected chi connectivity index (χ4v) is 2.63. The van der Waals surface area contributed by atoms with Gasteiger partial charge in [0.05, 0.1) is 24.0 Å². The Morgan fingerprint density at radius 1 is 1.19 bits per heavy atom. The third kappa shape index (κ3) is 4.52. The summed E-state index contributed by atoms with van der Waals surface area (Å²) >= 11 is 0. The van der Waals surface area contributed by atoms with Gasteiger partial charge in [-0.3, -0.25) is 14.5 Å². The number of H-pyrrole nitrogens is 1. The summed E-state index contributed by atoms with van der Waals surface area (Å²) in [6.07, 6.45) is 0. The van der Waals surface area contributed by atoms with Crippen molar-refractivity contribution in [3.05, 3.63) is 76.1 Å². The summed E-state index contributed by atoms with van der Waals surface area (Å²) in [5.41, 5.74) is 1.25. The number of fused-ring (bicyclic) bond motifs is 1. The number of hydrogen-bond donors (Lipinski definition) is 2. The molecule has 0 spiro atoms. The fourth-order valence-electron chi connectivity index (χ4n) is 2.63. The standard InChI is InChI=1S/C19H19FN4O2/c1-24(12-18(25)21-10-13-6-8-14(20)9-7-13)11-17-22-16-5-3-2-4-15(16)19(26)23-17/h2-9H,10-12H2,1H3,(H,21,25)(H,22,23,26). The van der Waals surface area contributed by atoms with E-state index < -0.39 is 0 Å². The third-order valence-corrected chi connectivity index (χ3v) is 3.90. The molecule has 0 aliphatic heterocycles. The van der Waals surface area contributed by atoms with Crippen molar-refractivity contribution in [1.82, 2.24) is 20.2 Å². The van der Waals surface area contributed by atoms with Crippen LogP contribution in [0.25, 0.3) is 10.9 Å². The lowest BCUT2D eigenvalue weighted by Gasteiger charge is -2.16. The van der Waals surface area contributed by atoms with E-state index in [2.05, 4.69) is 15.3 Å². The maximum Gasteiger partial charge on any atom is 0.258 e.